The smallest absolute Gasteiger partial charge is 0.356 e. The number of aromatic nitrogens is 1. The van der Waals surface area contributed by atoms with Crippen LogP contribution in [0, 0.1) is 0 Å². The minimum absolute atomic E-state index is 0.0901. The van der Waals surface area contributed by atoms with E-state index >= 15 is 0 Å². The monoisotopic (exact) mass is 308 g/mol. The molecule has 2 aromatic rings. The Morgan fingerprint density at radius 1 is 1.24 bits per heavy atom. The number of hydrogen-bond acceptors (Lipinski definition) is 5. The molecule has 2 rings (SSSR count). The largest absolute Gasteiger partial charge is 0.495 e. The maximum Gasteiger partial charge on any atom is 0.356 e. The van der Waals surface area contributed by atoms with E-state index < -0.39 is 16.0 Å². The molecule has 0 bridgehead atoms. The van der Waals surface area contributed by atoms with Crippen molar-refractivity contribution in [1.29, 1.82) is 0 Å². The van der Waals surface area contributed by atoms with E-state index in [0.29, 0.717) is 0 Å². The molecule has 0 atom stereocenters. The van der Waals surface area contributed by atoms with Gasteiger partial charge in [0.25, 0.3) is 10.0 Å². The maximum absolute atomic E-state index is 12.3. The van der Waals surface area contributed by atoms with Gasteiger partial charge in [-0.25, -0.2) is 18.2 Å². The Bertz CT molecular complexity index is 774. The first-order valence-corrected chi connectivity index (χ1v) is 7.28. The number of rotatable bonds is 5. The van der Waals surface area contributed by atoms with Crippen LogP contribution in [0.1, 0.15) is 10.5 Å². The highest BCUT2D eigenvalue weighted by atomic mass is 32.2. The Hall–Kier alpha value is -2.61. The summed E-state index contributed by atoms with van der Waals surface area (Å²) in [4.78, 5) is 14.6. The molecule has 1 aromatic heterocycles. The number of methoxy groups -OCH3 is 1. The molecule has 1 aromatic carbocycles. The summed E-state index contributed by atoms with van der Waals surface area (Å²) in [5, 5.41) is 9.01. The summed E-state index contributed by atoms with van der Waals surface area (Å²) in [6.07, 6.45) is 1.27. The number of sulfonamides is 1. The van der Waals surface area contributed by atoms with Crippen molar-refractivity contribution in [2.75, 3.05) is 11.8 Å². The summed E-state index contributed by atoms with van der Waals surface area (Å²) in [6, 6.07) is 8.78. The molecule has 0 aliphatic heterocycles. The SMILES string of the molecule is COc1ccccc1S(=O)(=O)Nc1cccnc1C(=O)O. The Morgan fingerprint density at radius 2 is 1.95 bits per heavy atom. The molecule has 0 spiro atoms. The number of carboxylic acids is 1. The van der Waals surface area contributed by atoms with E-state index in [9.17, 15) is 13.2 Å². The average Bonchev–Trinajstić information content (AvgIpc) is 2.47. The first-order chi connectivity index (χ1) is 9.95. The molecule has 0 fully saturated rings. The zero-order chi connectivity index (χ0) is 15.5. The van der Waals surface area contributed by atoms with Gasteiger partial charge in [0.15, 0.2) is 5.69 Å². The molecule has 8 heteroatoms. The molecular weight excluding hydrogens is 296 g/mol. The molecule has 21 heavy (non-hydrogen) atoms. The molecule has 0 aliphatic carbocycles. The molecule has 0 unspecified atom stereocenters. The molecule has 0 saturated heterocycles. The van der Waals surface area contributed by atoms with E-state index in [0.717, 1.165) is 0 Å². The second-order valence-electron chi connectivity index (χ2n) is 3.96. The van der Waals surface area contributed by atoms with Crippen molar-refractivity contribution in [3.8, 4) is 5.75 Å². The van der Waals surface area contributed by atoms with E-state index in [1.165, 1.54) is 37.6 Å². The van der Waals surface area contributed by atoms with Crippen molar-refractivity contribution in [3.63, 3.8) is 0 Å². The van der Waals surface area contributed by atoms with Crippen LogP contribution in [0.15, 0.2) is 47.5 Å². The van der Waals surface area contributed by atoms with Gasteiger partial charge < -0.3 is 9.84 Å². The van der Waals surface area contributed by atoms with Crippen LogP contribution in [0.2, 0.25) is 0 Å². The molecule has 0 aliphatic rings. The van der Waals surface area contributed by atoms with Crippen LogP contribution in [0.3, 0.4) is 0 Å². The number of anilines is 1. The third kappa shape index (κ3) is 3.11. The van der Waals surface area contributed by atoms with Gasteiger partial charge in [-0.3, -0.25) is 4.72 Å². The fraction of sp³-hybridized carbons (Fsp3) is 0.0769. The lowest BCUT2D eigenvalue weighted by Gasteiger charge is -2.12. The highest BCUT2D eigenvalue weighted by Gasteiger charge is 2.22. The summed E-state index contributed by atoms with van der Waals surface area (Å²) < 4.78 is 31.9. The van der Waals surface area contributed by atoms with Crippen molar-refractivity contribution in [1.82, 2.24) is 4.98 Å². The number of para-hydroxylation sites is 1. The fourth-order valence-electron chi connectivity index (χ4n) is 1.70. The number of pyridine rings is 1. The molecule has 2 N–H and O–H groups in total. The summed E-state index contributed by atoms with van der Waals surface area (Å²) in [5.74, 6) is -1.17. The van der Waals surface area contributed by atoms with Crippen LogP contribution in [0.25, 0.3) is 0 Å². The number of aromatic carboxylic acids is 1. The fourth-order valence-corrected chi connectivity index (χ4v) is 2.94. The van der Waals surface area contributed by atoms with Gasteiger partial charge in [0.2, 0.25) is 0 Å². The van der Waals surface area contributed by atoms with Gasteiger partial charge in [0.05, 0.1) is 12.8 Å². The molecule has 0 saturated carbocycles. The number of carbonyl (C=O) groups is 1. The normalized spacial score (nSPS) is 10.9. The number of ether oxygens (including phenoxy) is 1. The van der Waals surface area contributed by atoms with Crippen LogP contribution < -0.4 is 9.46 Å². The lowest BCUT2D eigenvalue weighted by atomic mass is 10.3. The summed E-state index contributed by atoms with van der Waals surface area (Å²) in [7, 11) is -2.64. The lowest BCUT2D eigenvalue weighted by Crippen LogP contribution is -2.17. The number of carboxylic acid groups (broad SMARTS) is 1. The zero-order valence-corrected chi connectivity index (χ0v) is 11.8. The number of benzene rings is 1. The summed E-state index contributed by atoms with van der Waals surface area (Å²) >= 11 is 0. The lowest BCUT2D eigenvalue weighted by molar-refractivity contribution is 0.0692. The highest BCUT2D eigenvalue weighted by molar-refractivity contribution is 7.92. The zero-order valence-electron chi connectivity index (χ0n) is 11.0. The minimum atomic E-state index is -3.99. The summed E-state index contributed by atoms with van der Waals surface area (Å²) in [6.45, 7) is 0. The van der Waals surface area contributed by atoms with Crippen LogP contribution >= 0.6 is 0 Å². The number of nitrogens with one attached hydrogen (secondary N) is 1. The second-order valence-corrected chi connectivity index (χ2v) is 5.61. The Labute approximate surface area is 121 Å². The van der Waals surface area contributed by atoms with Crippen LogP contribution in [-0.4, -0.2) is 31.6 Å². The maximum atomic E-state index is 12.3. The van der Waals surface area contributed by atoms with Gasteiger partial charge in [0, 0.05) is 6.20 Å². The predicted octanol–water partition coefficient (Wildman–Crippen LogP) is 1.59. The van der Waals surface area contributed by atoms with E-state index in [-0.39, 0.29) is 22.0 Å². The van der Waals surface area contributed by atoms with Gasteiger partial charge >= 0.3 is 5.97 Å². The van der Waals surface area contributed by atoms with Crippen LogP contribution in [0.5, 0.6) is 5.75 Å². The first-order valence-electron chi connectivity index (χ1n) is 5.80. The van der Waals surface area contributed by atoms with Crippen LogP contribution in [0.4, 0.5) is 5.69 Å². The Balaban J connectivity index is 2.45. The standard InChI is InChI=1S/C13H12N2O5S/c1-20-10-6-2-3-7-11(10)21(18,19)15-9-5-4-8-14-12(9)13(16)17/h2-8,15H,1H3,(H,16,17). The van der Waals surface area contributed by atoms with Crippen molar-refractivity contribution < 1.29 is 23.1 Å². The van der Waals surface area contributed by atoms with Gasteiger partial charge in [0.1, 0.15) is 10.6 Å². The van der Waals surface area contributed by atoms with Crippen molar-refractivity contribution >= 4 is 21.7 Å². The highest BCUT2D eigenvalue weighted by Crippen LogP contribution is 2.25. The van der Waals surface area contributed by atoms with Crippen LogP contribution in [-0.2, 0) is 10.0 Å². The third-order valence-electron chi connectivity index (χ3n) is 2.61. The third-order valence-corrected chi connectivity index (χ3v) is 4.02. The first kappa shape index (κ1) is 14.8. The van der Waals surface area contributed by atoms with E-state index in [2.05, 4.69) is 9.71 Å². The molecule has 1 heterocycles. The molecular formula is C13H12N2O5S. The molecule has 0 amide bonds. The quantitative estimate of drug-likeness (QED) is 0.869. The second kappa shape index (κ2) is 5.80. The minimum Gasteiger partial charge on any atom is -0.495 e. The van der Waals surface area contributed by atoms with Crippen molar-refractivity contribution in [2.45, 2.75) is 4.90 Å². The van der Waals surface area contributed by atoms with E-state index in [1.807, 2.05) is 0 Å². The number of nitrogens with zero attached hydrogens (tertiary/aromatic N) is 1. The Morgan fingerprint density at radius 3 is 2.62 bits per heavy atom. The Kier molecular flexibility index (Phi) is 4.08. The predicted molar refractivity (Wildman–Crippen MR) is 75.0 cm³/mol. The van der Waals surface area contributed by atoms with Gasteiger partial charge in [-0.15, -0.1) is 0 Å². The molecule has 110 valence electrons. The van der Waals surface area contributed by atoms with Crippen molar-refractivity contribution in [3.05, 3.63) is 48.3 Å². The average molecular weight is 308 g/mol. The van der Waals surface area contributed by atoms with Crippen molar-refractivity contribution in [2.24, 2.45) is 0 Å². The number of hydrogen-bond donors (Lipinski definition) is 2. The van der Waals surface area contributed by atoms with E-state index in [4.69, 9.17) is 9.84 Å². The topological polar surface area (TPSA) is 106 Å². The molecule has 7 nitrogen and oxygen atoms in total. The van der Waals surface area contributed by atoms with E-state index in [1.54, 1.807) is 12.1 Å². The van der Waals surface area contributed by atoms with Gasteiger partial charge in [-0.1, -0.05) is 12.1 Å². The van der Waals surface area contributed by atoms with Gasteiger partial charge in [-0.2, -0.15) is 0 Å². The summed E-state index contributed by atoms with van der Waals surface area (Å²) in [5.41, 5.74) is -0.494. The molecule has 0 radical (unpaired) electrons. The van der Waals surface area contributed by atoms with Gasteiger partial charge in [-0.05, 0) is 24.3 Å².